The molecule has 0 heterocycles. The maximum Gasteiger partial charge on any atom is 0.137 e. The van der Waals surface area contributed by atoms with Gasteiger partial charge in [0.15, 0.2) is 0 Å². The molecule has 32 heavy (non-hydrogen) atoms. The van der Waals surface area contributed by atoms with Gasteiger partial charge in [-0.3, -0.25) is 4.48 Å². The van der Waals surface area contributed by atoms with Crippen LogP contribution in [0.1, 0.15) is 104 Å². The van der Waals surface area contributed by atoms with Gasteiger partial charge in [-0.15, -0.1) is 0 Å². The highest BCUT2D eigenvalue weighted by Gasteiger charge is 2.30. The highest BCUT2D eigenvalue weighted by atomic mass is 16.0. The zero-order valence-electron chi connectivity index (χ0n) is 21.0. The molecule has 2 aromatic carbocycles. The maximum atomic E-state index is 2.34. The van der Waals surface area contributed by atoms with Gasteiger partial charge in [-0.05, 0) is 44.0 Å². The van der Waals surface area contributed by atoms with Crippen molar-refractivity contribution in [2.75, 3.05) is 13.1 Å². The van der Waals surface area contributed by atoms with Crippen LogP contribution in [0, 0.1) is 0 Å². The number of unbranched alkanes of at least 4 members (excludes halogenated alkanes) is 13. The number of benzene rings is 2. The summed E-state index contributed by atoms with van der Waals surface area (Å²) in [6, 6.07) is 22.2. The van der Waals surface area contributed by atoms with Crippen LogP contribution >= 0.6 is 0 Å². The lowest BCUT2D eigenvalue weighted by molar-refractivity contribution is 0.382. The molecule has 0 unspecified atom stereocenters. The molecule has 0 bridgehead atoms. The van der Waals surface area contributed by atoms with Crippen LogP contribution in [-0.4, -0.2) is 18.6 Å². The van der Waals surface area contributed by atoms with Crippen molar-refractivity contribution >= 4 is 11.4 Å². The minimum atomic E-state index is 0. The van der Waals surface area contributed by atoms with Gasteiger partial charge >= 0.3 is 0 Å². The Labute approximate surface area is 199 Å². The minimum absolute atomic E-state index is 0. The van der Waals surface area contributed by atoms with E-state index >= 15 is 0 Å². The Bertz CT molecular complexity index is 616. The van der Waals surface area contributed by atoms with Gasteiger partial charge in [0.2, 0.25) is 0 Å². The Morgan fingerprint density at radius 2 is 0.812 bits per heavy atom. The van der Waals surface area contributed by atoms with Crippen LogP contribution < -0.4 is 4.48 Å². The molecule has 0 aliphatic rings. The number of rotatable bonds is 18. The van der Waals surface area contributed by atoms with E-state index in [-0.39, 0.29) is 5.48 Å². The summed E-state index contributed by atoms with van der Waals surface area (Å²) in [5.74, 6) is 0. The summed E-state index contributed by atoms with van der Waals surface area (Å²) in [5, 5.41) is 0. The predicted octanol–water partition coefficient (Wildman–Crippen LogP) is 9.65. The third kappa shape index (κ3) is 9.88. The summed E-state index contributed by atoms with van der Waals surface area (Å²) < 4.78 is 0.972. The van der Waals surface area contributed by atoms with Crippen LogP contribution in [0.15, 0.2) is 60.7 Å². The molecular weight excluding hydrogens is 390 g/mol. The molecule has 1 N–H and O–H groups in total. The van der Waals surface area contributed by atoms with E-state index in [0.29, 0.717) is 0 Å². The lowest BCUT2D eigenvalue weighted by Gasteiger charge is -2.37. The molecule has 2 heteroatoms. The molecule has 0 aliphatic carbocycles. The second kappa shape index (κ2) is 17.9. The number of hydrogen-bond acceptors (Lipinski definition) is 1. The van der Waals surface area contributed by atoms with E-state index in [1.807, 2.05) is 0 Å². The van der Waals surface area contributed by atoms with Gasteiger partial charge in [-0.2, -0.15) is 0 Å². The quantitative estimate of drug-likeness (QED) is 0.168. The fourth-order valence-corrected chi connectivity index (χ4v) is 4.93. The summed E-state index contributed by atoms with van der Waals surface area (Å²) in [4.78, 5) is 0. The van der Waals surface area contributed by atoms with Gasteiger partial charge in [0.1, 0.15) is 11.4 Å². The van der Waals surface area contributed by atoms with Gasteiger partial charge < -0.3 is 5.48 Å². The third-order valence-electron chi connectivity index (χ3n) is 6.93. The zero-order chi connectivity index (χ0) is 22.0. The average Bonchev–Trinajstić information content (AvgIpc) is 2.83. The lowest BCUT2D eigenvalue weighted by atomic mass is 10.0. The molecule has 0 aliphatic heterocycles. The van der Waals surface area contributed by atoms with Crippen LogP contribution in [0.4, 0.5) is 11.4 Å². The van der Waals surface area contributed by atoms with Gasteiger partial charge in [0, 0.05) is 0 Å². The van der Waals surface area contributed by atoms with Crippen molar-refractivity contribution in [3.63, 3.8) is 0 Å². The molecule has 180 valence electrons. The van der Waals surface area contributed by atoms with E-state index in [9.17, 15) is 0 Å². The SMILES string of the molecule is CCCCCCCCCCCCCCCC[N+](CC)(c1ccccc1)c1ccccc1.[OH-]. The Balaban J connectivity index is 0.00000512. The first-order chi connectivity index (χ1) is 15.3. The third-order valence-corrected chi connectivity index (χ3v) is 6.93. The van der Waals surface area contributed by atoms with Crippen LogP contribution in [0.5, 0.6) is 0 Å². The van der Waals surface area contributed by atoms with Crippen LogP contribution in [-0.2, 0) is 0 Å². The summed E-state index contributed by atoms with van der Waals surface area (Å²) in [6.07, 6.45) is 19.9. The van der Waals surface area contributed by atoms with E-state index in [1.165, 1.54) is 108 Å². The Kier molecular flexibility index (Phi) is 15.8. The van der Waals surface area contributed by atoms with Gasteiger partial charge in [-0.1, -0.05) is 120 Å². The molecule has 0 saturated carbocycles. The van der Waals surface area contributed by atoms with Gasteiger partial charge in [0.05, 0.1) is 13.1 Å². The lowest BCUT2D eigenvalue weighted by Crippen LogP contribution is -2.44. The molecule has 0 saturated heterocycles. The standard InChI is InChI=1S/C30H48N.H2O/c1-3-5-6-7-8-9-10-11-12-13-14-15-16-23-28-31(4-2,29-24-19-17-20-25-29)30-26-21-18-22-27-30;/h17-22,24-27H,3-16,23,28H2,1-2H3;1H2/q+1;/p-1. The normalized spacial score (nSPS) is 11.3. The van der Waals surface area contributed by atoms with Crippen molar-refractivity contribution in [1.29, 1.82) is 0 Å². The van der Waals surface area contributed by atoms with Crippen LogP contribution in [0.2, 0.25) is 0 Å². The van der Waals surface area contributed by atoms with Crippen molar-refractivity contribution in [2.45, 2.75) is 104 Å². The first kappa shape index (κ1) is 28.4. The Hall–Kier alpha value is -1.64. The summed E-state index contributed by atoms with van der Waals surface area (Å²) >= 11 is 0. The zero-order valence-corrected chi connectivity index (χ0v) is 21.0. The van der Waals surface area contributed by atoms with Gasteiger partial charge in [0.25, 0.3) is 0 Å². The molecule has 2 aromatic rings. The summed E-state index contributed by atoms with van der Waals surface area (Å²) in [5.41, 5.74) is 2.84. The molecular formula is C30H49NO. The van der Waals surface area contributed by atoms with E-state index in [1.54, 1.807) is 0 Å². The van der Waals surface area contributed by atoms with Crippen molar-refractivity contribution in [1.82, 2.24) is 4.48 Å². The maximum absolute atomic E-state index is 2.34. The first-order valence-electron chi connectivity index (χ1n) is 13.3. The van der Waals surface area contributed by atoms with E-state index in [4.69, 9.17) is 0 Å². The second-order valence-corrected chi connectivity index (χ2v) is 9.27. The molecule has 0 aromatic heterocycles. The van der Waals surface area contributed by atoms with Crippen LogP contribution in [0.25, 0.3) is 0 Å². The number of quaternary nitrogens is 1. The fraction of sp³-hybridized carbons (Fsp3) is 0.600. The van der Waals surface area contributed by atoms with Crippen molar-refractivity contribution in [3.8, 4) is 0 Å². The Morgan fingerprint density at radius 3 is 1.16 bits per heavy atom. The molecule has 0 amide bonds. The first-order valence-corrected chi connectivity index (χ1v) is 13.3. The summed E-state index contributed by atoms with van der Waals surface area (Å²) in [7, 11) is 0. The fourth-order valence-electron chi connectivity index (χ4n) is 4.93. The van der Waals surface area contributed by atoms with Crippen molar-refractivity contribution < 1.29 is 5.48 Å². The largest absolute Gasteiger partial charge is 0.870 e. The Morgan fingerprint density at radius 1 is 0.469 bits per heavy atom. The van der Waals surface area contributed by atoms with Gasteiger partial charge in [-0.25, -0.2) is 0 Å². The second-order valence-electron chi connectivity index (χ2n) is 9.27. The van der Waals surface area contributed by atoms with Crippen LogP contribution in [0.3, 0.4) is 0 Å². The molecule has 0 fully saturated rings. The van der Waals surface area contributed by atoms with Crippen molar-refractivity contribution in [2.24, 2.45) is 0 Å². The molecule has 0 spiro atoms. The highest BCUT2D eigenvalue weighted by Crippen LogP contribution is 2.35. The number of hydrogen-bond donors (Lipinski definition) is 0. The summed E-state index contributed by atoms with van der Waals surface area (Å²) in [6.45, 7) is 6.94. The van der Waals surface area contributed by atoms with E-state index in [0.717, 1.165) is 11.0 Å². The number of nitrogens with zero attached hydrogens (tertiary/aromatic N) is 1. The van der Waals surface area contributed by atoms with E-state index < -0.39 is 0 Å². The highest BCUT2D eigenvalue weighted by molar-refractivity contribution is 5.58. The van der Waals surface area contributed by atoms with Crippen molar-refractivity contribution in [3.05, 3.63) is 60.7 Å². The molecule has 2 rings (SSSR count). The number of para-hydroxylation sites is 2. The molecule has 2 nitrogen and oxygen atoms in total. The average molecular weight is 440 g/mol. The topological polar surface area (TPSA) is 30.0 Å². The van der Waals surface area contributed by atoms with E-state index in [2.05, 4.69) is 74.5 Å². The smallest absolute Gasteiger partial charge is 0.137 e. The predicted molar refractivity (Wildman–Crippen MR) is 142 cm³/mol. The minimum Gasteiger partial charge on any atom is -0.870 e. The molecule has 0 atom stereocenters. The monoisotopic (exact) mass is 439 g/mol. The molecule has 0 radical (unpaired) electrons.